The summed E-state index contributed by atoms with van der Waals surface area (Å²) in [6, 6.07) is 8.21. The normalized spacial score (nSPS) is 14.3. The monoisotopic (exact) mass is 264 g/mol. The van der Waals surface area contributed by atoms with Crippen LogP contribution in [0.15, 0.2) is 24.3 Å². The van der Waals surface area contributed by atoms with Gasteiger partial charge in [-0.05, 0) is 29.9 Å². The zero-order valence-electron chi connectivity index (χ0n) is 12.6. The number of benzene rings is 1. The van der Waals surface area contributed by atoms with Crippen LogP contribution in [0.2, 0.25) is 0 Å². The summed E-state index contributed by atoms with van der Waals surface area (Å²) in [4.78, 5) is 0. The van der Waals surface area contributed by atoms with Gasteiger partial charge in [-0.3, -0.25) is 0 Å². The van der Waals surface area contributed by atoms with Crippen molar-refractivity contribution in [3.05, 3.63) is 35.4 Å². The quantitative estimate of drug-likeness (QED) is 0.727. The largest absolute Gasteiger partial charge is 0.386 e. The standard InChI is InChI=1S/C17H28O2/c1-4-6-14(3)12-19-13-17(18)16-10-8-15(7-5-2)9-11-16/h8-11,14,17-18H,4-7,12-13H2,1-3H3. The summed E-state index contributed by atoms with van der Waals surface area (Å²) in [6.45, 7) is 7.67. The molecule has 0 fully saturated rings. The number of hydrogen-bond acceptors (Lipinski definition) is 2. The molecule has 108 valence electrons. The van der Waals surface area contributed by atoms with Crippen LogP contribution in [-0.4, -0.2) is 18.3 Å². The van der Waals surface area contributed by atoms with Gasteiger partial charge >= 0.3 is 0 Å². The molecular formula is C17H28O2. The van der Waals surface area contributed by atoms with Gasteiger partial charge in [-0.25, -0.2) is 0 Å². The Balaban J connectivity index is 2.34. The van der Waals surface area contributed by atoms with Crippen LogP contribution >= 0.6 is 0 Å². The first kappa shape index (κ1) is 16.2. The number of aliphatic hydroxyl groups excluding tert-OH is 1. The van der Waals surface area contributed by atoms with Crippen molar-refractivity contribution < 1.29 is 9.84 Å². The van der Waals surface area contributed by atoms with Crippen molar-refractivity contribution in [2.24, 2.45) is 5.92 Å². The first-order valence-electron chi connectivity index (χ1n) is 7.52. The van der Waals surface area contributed by atoms with Crippen LogP contribution in [0.4, 0.5) is 0 Å². The molecule has 0 radical (unpaired) electrons. The molecule has 0 aliphatic carbocycles. The van der Waals surface area contributed by atoms with Crippen LogP contribution in [-0.2, 0) is 11.2 Å². The summed E-state index contributed by atoms with van der Waals surface area (Å²) in [6.07, 6.45) is 4.11. The molecule has 0 saturated carbocycles. The molecule has 0 spiro atoms. The second kappa shape index (κ2) is 9.11. The molecule has 0 aliphatic heterocycles. The van der Waals surface area contributed by atoms with E-state index in [9.17, 15) is 5.11 Å². The maximum Gasteiger partial charge on any atom is 0.102 e. The lowest BCUT2D eigenvalue weighted by Gasteiger charge is -2.15. The minimum atomic E-state index is -0.510. The summed E-state index contributed by atoms with van der Waals surface area (Å²) in [5.41, 5.74) is 2.28. The molecule has 1 N–H and O–H groups in total. The fourth-order valence-corrected chi connectivity index (χ4v) is 2.25. The average molecular weight is 264 g/mol. The second-order valence-electron chi connectivity index (χ2n) is 5.44. The summed E-state index contributed by atoms with van der Waals surface area (Å²) < 4.78 is 5.59. The maximum absolute atomic E-state index is 10.1. The third-order valence-electron chi connectivity index (χ3n) is 3.36. The Morgan fingerprint density at radius 3 is 2.32 bits per heavy atom. The molecule has 0 heterocycles. The van der Waals surface area contributed by atoms with Crippen molar-refractivity contribution in [1.82, 2.24) is 0 Å². The van der Waals surface area contributed by atoms with Gasteiger partial charge < -0.3 is 9.84 Å². The Morgan fingerprint density at radius 2 is 1.74 bits per heavy atom. The summed E-state index contributed by atoms with van der Waals surface area (Å²) in [5, 5.41) is 10.1. The van der Waals surface area contributed by atoms with E-state index in [-0.39, 0.29) is 0 Å². The number of rotatable bonds is 9. The van der Waals surface area contributed by atoms with Crippen molar-refractivity contribution in [1.29, 1.82) is 0 Å². The molecule has 0 aliphatic rings. The highest BCUT2D eigenvalue weighted by Crippen LogP contribution is 2.16. The van der Waals surface area contributed by atoms with E-state index in [1.165, 1.54) is 18.4 Å². The molecule has 2 nitrogen and oxygen atoms in total. The number of hydrogen-bond donors (Lipinski definition) is 1. The molecule has 1 rings (SSSR count). The third-order valence-corrected chi connectivity index (χ3v) is 3.36. The van der Waals surface area contributed by atoms with E-state index in [0.717, 1.165) is 25.0 Å². The fourth-order valence-electron chi connectivity index (χ4n) is 2.25. The van der Waals surface area contributed by atoms with Gasteiger partial charge in [0.15, 0.2) is 0 Å². The van der Waals surface area contributed by atoms with Crippen LogP contribution in [0.5, 0.6) is 0 Å². The van der Waals surface area contributed by atoms with Gasteiger partial charge in [0.2, 0.25) is 0 Å². The van der Waals surface area contributed by atoms with Crippen LogP contribution < -0.4 is 0 Å². The van der Waals surface area contributed by atoms with Crippen LogP contribution in [0.3, 0.4) is 0 Å². The highest BCUT2D eigenvalue weighted by Gasteiger charge is 2.09. The van der Waals surface area contributed by atoms with Gasteiger partial charge in [-0.1, -0.05) is 57.9 Å². The minimum absolute atomic E-state index is 0.390. The van der Waals surface area contributed by atoms with Gasteiger partial charge in [-0.2, -0.15) is 0 Å². The minimum Gasteiger partial charge on any atom is -0.386 e. The van der Waals surface area contributed by atoms with E-state index in [0.29, 0.717) is 12.5 Å². The fraction of sp³-hybridized carbons (Fsp3) is 0.647. The lowest BCUT2D eigenvalue weighted by Crippen LogP contribution is -2.12. The van der Waals surface area contributed by atoms with Gasteiger partial charge in [0.25, 0.3) is 0 Å². The average Bonchev–Trinajstić information content (AvgIpc) is 2.40. The van der Waals surface area contributed by atoms with Crippen LogP contribution in [0.25, 0.3) is 0 Å². The Labute approximate surface area is 117 Å². The van der Waals surface area contributed by atoms with Gasteiger partial charge in [0.05, 0.1) is 6.61 Å². The smallest absolute Gasteiger partial charge is 0.102 e. The zero-order chi connectivity index (χ0) is 14.1. The predicted octanol–water partition coefficient (Wildman–Crippen LogP) is 4.13. The number of ether oxygens (including phenoxy) is 1. The Bertz CT molecular complexity index is 332. The van der Waals surface area contributed by atoms with Crippen molar-refractivity contribution >= 4 is 0 Å². The van der Waals surface area contributed by atoms with Crippen LogP contribution in [0, 0.1) is 5.92 Å². The molecule has 0 saturated heterocycles. The van der Waals surface area contributed by atoms with Gasteiger partial charge in [-0.15, -0.1) is 0 Å². The van der Waals surface area contributed by atoms with Gasteiger partial charge in [0.1, 0.15) is 6.10 Å². The summed E-state index contributed by atoms with van der Waals surface area (Å²) in [5.74, 6) is 0.573. The number of aryl methyl sites for hydroxylation is 1. The molecule has 2 unspecified atom stereocenters. The first-order valence-corrected chi connectivity index (χ1v) is 7.52. The zero-order valence-corrected chi connectivity index (χ0v) is 12.6. The SMILES string of the molecule is CCCc1ccc(C(O)COCC(C)CCC)cc1. The molecule has 1 aromatic carbocycles. The molecular weight excluding hydrogens is 236 g/mol. The van der Waals surface area contributed by atoms with Crippen molar-refractivity contribution in [3.8, 4) is 0 Å². The highest BCUT2D eigenvalue weighted by atomic mass is 16.5. The Kier molecular flexibility index (Phi) is 7.76. The van der Waals surface area contributed by atoms with Crippen LogP contribution in [0.1, 0.15) is 57.3 Å². The second-order valence-corrected chi connectivity index (χ2v) is 5.44. The molecule has 19 heavy (non-hydrogen) atoms. The number of aliphatic hydroxyl groups is 1. The maximum atomic E-state index is 10.1. The Morgan fingerprint density at radius 1 is 1.05 bits per heavy atom. The molecule has 1 aromatic rings. The molecule has 0 bridgehead atoms. The van der Waals surface area contributed by atoms with E-state index in [1.807, 2.05) is 12.1 Å². The van der Waals surface area contributed by atoms with Crippen molar-refractivity contribution in [2.75, 3.05) is 13.2 Å². The van der Waals surface area contributed by atoms with E-state index in [1.54, 1.807) is 0 Å². The molecule has 0 amide bonds. The van der Waals surface area contributed by atoms with Crippen molar-refractivity contribution in [3.63, 3.8) is 0 Å². The Hall–Kier alpha value is -0.860. The van der Waals surface area contributed by atoms with Gasteiger partial charge in [0, 0.05) is 6.61 Å². The lowest BCUT2D eigenvalue weighted by molar-refractivity contribution is 0.0215. The predicted molar refractivity (Wildman–Crippen MR) is 80.3 cm³/mol. The van der Waals surface area contributed by atoms with Crippen molar-refractivity contribution in [2.45, 2.75) is 52.6 Å². The van der Waals surface area contributed by atoms with E-state index in [4.69, 9.17) is 4.74 Å². The summed E-state index contributed by atoms with van der Waals surface area (Å²) in [7, 11) is 0. The molecule has 2 heteroatoms. The lowest BCUT2D eigenvalue weighted by atomic mass is 10.0. The van der Waals surface area contributed by atoms with E-state index >= 15 is 0 Å². The highest BCUT2D eigenvalue weighted by molar-refractivity contribution is 5.24. The first-order chi connectivity index (χ1) is 9.17. The van der Waals surface area contributed by atoms with E-state index < -0.39 is 6.10 Å². The summed E-state index contributed by atoms with van der Waals surface area (Å²) >= 11 is 0. The van der Waals surface area contributed by atoms with E-state index in [2.05, 4.69) is 32.9 Å². The molecule has 0 aromatic heterocycles. The third kappa shape index (κ3) is 6.22. The topological polar surface area (TPSA) is 29.5 Å². The molecule has 2 atom stereocenters.